The molecule has 0 radical (unpaired) electrons. The Hall–Kier alpha value is -1.89. The number of fused-ring (bicyclic) bond motifs is 1. The van der Waals surface area contributed by atoms with Crippen LogP contribution in [0.5, 0.6) is 0 Å². The van der Waals surface area contributed by atoms with Crippen LogP contribution >= 0.6 is 0 Å². The Kier molecular flexibility index (Phi) is 3.01. The average molecular weight is 277 g/mol. The highest BCUT2D eigenvalue weighted by Gasteiger charge is 2.30. The summed E-state index contributed by atoms with van der Waals surface area (Å²) in [7, 11) is 1.85. The topological polar surface area (TPSA) is 87.8 Å². The van der Waals surface area contributed by atoms with E-state index in [0.29, 0.717) is 23.6 Å². The van der Waals surface area contributed by atoms with Gasteiger partial charge in [-0.25, -0.2) is 9.78 Å². The Morgan fingerprint density at radius 2 is 2.00 bits per heavy atom. The van der Waals surface area contributed by atoms with Crippen molar-refractivity contribution in [3.05, 3.63) is 26.7 Å². The fourth-order valence-electron chi connectivity index (χ4n) is 2.70. The number of hydrogen-bond acceptors (Lipinski definition) is 4. The van der Waals surface area contributed by atoms with Gasteiger partial charge in [0.2, 0.25) is 0 Å². The van der Waals surface area contributed by atoms with Gasteiger partial charge in [-0.2, -0.15) is 0 Å². The molecule has 1 fully saturated rings. The van der Waals surface area contributed by atoms with Gasteiger partial charge in [-0.05, 0) is 19.8 Å². The molecule has 1 saturated carbocycles. The van der Waals surface area contributed by atoms with Crippen molar-refractivity contribution in [1.29, 1.82) is 0 Å². The summed E-state index contributed by atoms with van der Waals surface area (Å²) in [5, 5.41) is 0. The quantitative estimate of drug-likeness (QED) is 0.835. The molecule has 0 aliphatic heterocycles. The maximum atomic E-state index is 12.5. The molecule has 3 rings (SSSR count). The first-order valence-corrected chi connectivity index (χ1v) is 7.00. The van der Waals surface area contributed by atoms with E-state index in [9.17, 15) is 9.59 Å². The van der Waals surface area contributed by atoms with E-state index in [-0.39, 0.29) is 24.3 Å². The molecule has 2 N–H and O–H groups in total. The van der Waals surface area contributed by atoms with Crippen LogP contribution in [0.4, 0.5) is 0 Å². The number of aryl methyl sites for hydroxylation is 2. The maximum absolute atomic E-state index is 12.5. The third kappa shape index (κ3) is 1.73. The summed E-state index contributed by atoms with van der Waals surface area (Å²) in [6, 6.07) is 0. The van der Waals surface area contributed by atoms with Crippen LogP contribution in [-0.4, -0.2) is 25.2 Å². The molecule has 7 heteroatoms. The van der Waals surface area contributed by atoms with Crippen molar-refractivity contribution in [2.45, 2.75) is 38.8 Å². The Labute approximate surface area is 115 Å². The van der Waals surface area contributed by atoms with E-state index < -0.39 is 0 Å². The minimum atomic E-state index is -0.323. The summed E-state index contributed by atoms with van der Waals surface area (Å²) in [5.41, 5.74) is 5.89. The monoisotopic (exact) mass is 277 g/mol. The van der Waals surface area contributed by atoms with Gasteiger partial charge in [-0.1, -0.05) is 0 Å². The largest absolute Gasteiger partial charge is 0.332 e. The lowest BCUT2D eigenvalue weighted by Crippen LogP contribution is -2.41. The second kappa shape index (κ2) is 4.59. The molecule has 1 aliphatic rings. The van der Waals surface area contributed by atoms with Crippen molar-refractivity contribution in [1.82, 2.24) is 18.7 Å². The Balaban J connectivity index is 2.41. The summed E-state index contributed by atoms with van der Waals surface area (Å²) in [6.07, 6.45) is 2.20. The normalized spacial score (nSPS) is 15.2. The van der Waals surface area contributed by atoms with Crippen LogP contribution in [0, 0.1) is 0 Å². The van der Waals surface area contributed by atoms with E-state index in [1.165, 1.54) is 4.57 Å². The van der Waals surface area contributed by atoms with E-state index in [0.717, 1.165) is 18.7 Å². The summed E-state index contributed by atoms with van der Waals surface area (Å²) < 4.78 is 4.61. The smallest absolute Gasteiger partial charge is 0.329 e. The molecule has 0 unspecified atom stereocenters. The predicted molar refractivity (Wildman–Crippen MR) is 75.9 cm³/mol. The van der Waals surface area contributed by atoms with Crippen LogP contribution in [0.3, 0.4) is 0 Å². The van der Waals surface area contributed by atoms with Crippen LogP contribution in [-0.2, 0) is 20.1 Å². The minimum Gasteiger partial charge on any atom is -0.329 e. The first kappa shape index (κ1) is 13.1. The van der Waals surface area contributed by atoms with Gasteiger partial charge in [0, 0.05) is 32.6 Å². The number of rotatable bonds is 4. The molecule has 7 nitrogen and oxygen atoms in total. The molecular weight excluding hydrogens is 258 g/mol. The molecule has 2 aromatic rings. The Bertz CT molecular complexity index is 779. The average Bonchev–Trinajstić information content (AvgIpc) is 3.20. The highest BCUT2D eigenvalue weighted by molar-refractivity contribution is 5.71. The van der Waals surface area contributed by atoms with Crippen LogP contribution in [0.2, 0.25) is 0 Å². The van der Waals surface area contributed by atoms with Crippen molar-refractivity contribution in [2.75, 3.05) is 6.54 Å². The zero-order valence-corrected chi connectivity index (χ0v) is 11.8. The first-order chi connectivity index (χ1) is 9.60. The first-order valence-electron chi connectivity index (χ1n) is 7.00. The third-order valence-corrected chi connectivity index (χ3v) is 3.89. The van der Waals surface area contributed by atoms with Gasteiger partial charge in [-0.3, -0.25) is 13.9 Å². The number of imidazole rings is 1. The lowest BCUT2D eigenvalue weighted by molar-refractivity contribution is 0.585. The zero-order chi connectivity index (χ0) is 14.4. The lowest BCUT2D eigenvalue weighted by Gasteiger charge is -2.09. The molecule has 0 spiro atoms. The summed E-state index contributed by atoms with van der Waals surface area (Å²) in [5.74, 6) is 1.33. The van der Waals surface area contributed by atoms with Gasteiger partial charge in [-0.15, -0.1) is 0 Å². The summed E-state index contributed by atoms with van der Waals surface area (Å²) in [6.45, 7) is 2.86. The molecule has 2 aromatic heterocycles. The van der Waals surface area contributed by atoms with E-state index in [4.69, 9.17) is 5.73 Å². The molecule has 0 amide bonds. The number of hydrogen-bond donors (Lipinski definition) is 1. The predicted octanol–water partition coefficient (Wildman–Crippen LogP) is -0.247. The summed E-state index contributed by atoms with van der Waals surface area (Å²) in [4.78, 5) is 29.4. The molecule has 20 heavy (non-hydrogen) atoms. The SMILES string of the molecule is CCn1c(=O)n(CCN)c(=O)c2c1nc(C1CC1)n2C. The Morgan fingerprint density at radius 1 is 1.30 bits per heavy atom. The van der Waals surface area contributed by atoms with E-state index >= 15 is 0 Å². The number of nitrogens with zero attached hydrogens (tertiary/aromatic N) is 4. The highest BCUT2D eigenvalue weighted by atomic mass is 16.2. The van der Waals surface area contributed by atoms with Crippen LogP contribution in [0.1, 0.15) is 31.5 Å². The van der Waals surface area contributed by atoms with E-state index in [1.807, 2.05) is 18.5 Å². The molecule has 0 aromatic carbocycles. The Morgan fingerprint density at radius 3 is 2.55 bits per heavy atom. The van der Waals surface area contributed by atoms with Gasteiger partial charge in [0.25, 0.3) is 5.56 Å². The van der Waals surface area contributed by atoms with E-state index in [2.05, 4.69) is 4.98 Å². The molecule has 0 saturated heterocycles. The minimum absolute atomic E-state index is 0.234. The molecule has 2 heterocycles. The van der Waals surface area contributed by atoms with Crippen molar-refractivity contribution in [3.63, 3.8) is 0 Å². The van der Waals surface area contributed by atoms with Crippen LogP contribution < -0.4 is 17.0 Å². The van der Waals surface area contributed by atoms with Gasteiger partial charge in [0.1, 0.15) is 5.82 Å². The molecular formula is C13H19N5O2. The zero-order valence-electron chi connectivity index (χ0n) is 11.8. The van der Waals surface area contributed by atoms with Gasteiger partial charge in [0.05, 0.1) is 0 Å². The highest BCUT2D eigenvalue weighted by Crippen LogP contribution is 2.39. The van der Waals surface area contributed by atoms with Crippen LogP contribution in [0.15, 0.2) is 9.59 Å². The maximum Gasteiger partial charge on any atom is 0.332 e. The fourth-order valence-corrected chi connectivity index (χ4v) is 2.70. The van der Waals surface area contributed by atoms with Crippen molar-refractivity contribution in [2.24, 2.45) is 12.8 Å². The number of nitrogens with two attached hydrogens (primary N) is 1. The second-order valence-electron chi connectivity index (χ2n) is 5.25. The van der Waals surface area contributed by atoms with E-state index in [1.54, 1.807) is 4.57 Å². The standard InChI is InChI=1S/C13H19N5O2/c1-3-17-11-9(12(19)18(7-6-14)13(17)20)16(2)10(15-11)8-4-5-8/h8H,3-7,14H2,1-2H3. The molecule has 108 valence electrons. The fraction of sp³-hybridized carbons (Fsp3) is 0.615. The van der Waals surface area contributed by atoms with Gasteiger partial charge < -0.3 is 10.3 Å². The van der Waals surface area contributed by atoms with Crippen LogP contribution in [0.25, 0.3) is 11.2 Å². The molecule has 0 bridgehead atoms. The van der Waals surface area contributed by atoms with Crippen molar-refractivity contribution >= 4 is 11.2 Å². The lowest BCUT2D eigenvalue weighted by atomic mass is 10.4. The van der Waals surface area contributed by atoms with Crippen molar-refractivity contribution < 1.29 is 0 Å². The number of aromatic nitrogens is 4. The van der Waals surface area contributed by atoms with Crippen molar-refractivity contribution in [3.8, 4) is 0 Å². The molecule has 0 atom stereocenters. The second-order valence-corrected chi connectivity index (χ2v) is 5.25. The van der Waals surface area contributed by atoms with Gasteiger partial charge in [0.15, 0.2) is 11.2 Å². The molecule has 1 aliphatic carbocycles. The van der Waals surface area contributed by atoms with Gasteiger partial charge >= 0.3 is 5.69 Å². The summed E-state index contributed by atoms with van der Waals surface area (Å²) >= 11 is 0. The third-order valence-electron chi connectivity index (χ3n) is 3.89.